The molecular weight excluding hydrogens is 370 g/mol. The van der Waals surface area contributed by atoms with E-state index in [1.54, 1.807) is 0 Å². The largest absolute Gasteiger partial charge is 0.294 e. The predicted molar refractivity (Wildman–Crippen MR) is 104 cm³/mol. The molecule has 2 aliphatic heterocycles. The van der Waals surface area contributed by atoms with Crippen molar-refractivity contribution < 1.29 is 19.2 Å². The highest BCUT2D eigenvalue weighted by Crippen LogP contribution is 2.21. The van der Waals surface area contributed by atoms with Crippen LogP contribution in [0.3, 0.4) is 0 Å². The lowest BCUT2D eigenvalue weighted by Gasteiger charge is -2.18. The van der Waals surface area contributed by atoms with Crippen molar-refractivity contribution in [2.24, 2.45) is 0 Å². The standard InChI is InChI=1S/C22H21N3O4/c26-19-11-17(21(28)24(19)13-15-7-3-1-4-8-15)23-18-12-20(27)25(22(18)29)14-16-9-5-2-6-10-16/h1-10,17-18,23H,11-14H2. The van der Waals surface area contributed by atoms with Crippen LogP contribution in [0.1, 0.15) is 24.0 Å². The Morgan fingerprint density at radius 1 is 0.655 bits per heavy atom. The van der Waals surface area contributed by atoms with Crippen LogP contribution in [0.4, 0.5) is 0 Å². The molecule has 7 nitrogen and oxygen atoms in total. The first kappa shape index (κ1) is 19.0. The van der Waals surface area contributed by atoms with Gasteiger partial charge in [0.25, 0.3) is 0 Å². The molecule has 2 saturated heterocycles. The fraction of sp³-hybridized carbons (Fsp3) is 0.273. The van der Waals surface area contributed by atoms with E-state index in [4.69, 9.17) is 0 Å². The van der Waals surface area contributed by atoms with E-state index >= 15 is 0 Å². The molecule has 2 atom stereocenters. The molecule has 29 heavy (non-hydrogen) atoms. The minimum absolute atomic E-state index is 0.0116. The van der Waals surface area contributed by atoms with E-state index in [-0.39, 0.29) is 49.6 Å². The zero-order valence-corrected chi connectivity index (χ0v) is 15.8. The maximum Gasteiger partial charge on any atom is 0.247 e. The number of carbonyl (C=O) groups is 4. The number of carbonyl (C=O) groups excluding carboxylic acids is 4. The highest BCUT2D eigenvalue weighted by molar-refractivity contribution is 6.08. The number of benzene rings is 2. The van der Waals surface area contributed by atoms with Gasteiger partial charge in [-0.2, -0.15) is 0 Å². The summed E-state index contributed by atoms with van der Waals surface area (Å²) in [4.78, 5) is 52.5. The average Bonchev–Trinajstić information content (AvgIpc) is 3.14. The summed E-state index contributed by atoms with van der Waals surface area (Å²) in [5.41, 5.74) is 1.71. The molecule has 148 valence electrons. The summed E-state index contributed by atoms with van der Waals surface area (Å²) in [5.74, 6) is -1.29. The third kappa shape index (κ3) is 3.95. The van der Waals surface area contributed by atoms with Crippen LogP contribution in [0.5, 0.6) is 0 Å². The van der Waals surface area contributed by atoms with Crippen molar-refractivity contribution in [3.8, 4) is 0 Å². The molecule has 0 bridgehead atoms. The normalized spacial score (nSPS) is 22.1. The Morgan fingerprint density at radius 2 is 1.03 bits per heavy atom. The molecule has 2 aliphatic rings. The van der Waals surface area contributed by atoms with Crippen LogP contribution in [0.2, 0.25) is 0 Å². The molecule has 1 N–H and O–H groups in total. The number of hydrogen-bond donors (Lipinski definition) is 1. The maximum atomic E-state index is 12.7. The third-order valence-corrected chi connectivity index (χ3v) is 5.26. The van der Waals surface area contributed by atoms with Crippen molar-refractivity contribution in [3.05, 3.63) is 71.8 Å². The molecule has 0 aromatic heterocycles. The van der Waals surface area contributed by atoms with Gasteiger partial charge in [-0.15, -0.1) is 0 Å². The second-order valence-corrected chi connectivity index (χ2v) is 7.29. The molecule has 0 aliphatic carbocycles. The Bertz CT molecular complexity index is 868. The second-order valence-electron chi connectivity index (χ2n) is 7.29. The minimum atomic E-state index is -0.787. The Hall–Kier alpha value is -3.32. The lowest BCUT2D eigenvalue weighted by Crippen LogP contribution is -2.47. The van der Waals surface area contributed by atoms with Gasteiger partial charge in [0, 0.05) is 0 Å². The van der Waals surface area contributed by atoms with Gasteiger partial charge in [-0.1, -0.05) is 60.7 Å². The number of rotatable bonds is 6. The fourth-order valence-corrected chi connectivity index (χ4v) is 3.73. The molecule has 0 spiro atoms. The zero-order valence-electron chi connectivity index (χ0n) is 15.8. The Kier molecular flexibility index (Phi) is 5.22. The van der Waals surface area contributed by atoms with Gasteiger partial charge in [0.2, 0.25) is 23.6 Å². The molecule has 0 saturated carbocycles. The molecule has 2 fully saturated rings. The van der Waals surface area contributed by atoms with Crippen molar-refractivity contribution in [3.63, 3.8) is 0 Å². The molecule has 2 unspecified atom stereocenters. The molecule has 2 heterocycles. The van der Waals surface area contributed by atoms with E-state index in [1.807, 2.05) is 60.7 Å². The topological polar surface area (TPSA) is 86.8 Å². The van der Waals surface area contributed by atoms with Crippen LogP contribution in [-0.4, -0.2) is 45.5 Å². The van der Waals surface area contributed by atoms with Gasteiger partial charge in [-0.25, -0.2) is 0 Å². The SMILES string of the molecule is O=C1CC(NC2CC(=O)N(Cc3ccccc3)C2=O)C(=O)N1Cc1ccccc1. The molecule has 7 heteroatoms. The molecule has 2 aromatic rings. The van der Waals surface area contributed by atoms with Gasteiger partial charge in [0.05, 0.1) is 38.0 Å². The molecule has 4 amide bonds. The van der Waals surface area contributed by atoms with E-state index in [2.05, 4.69) is 5.32 Å². The number of hydrogen-bond acceptors (Lipinski definition) is 5. The molecule has 4 rings (SSSR count). The van der Waals surface area contributed by atoms with Gasteiger partial charge in [-0.3, -0.25) is 34.3 Å². The maximum absolute atomic E-state index is 12.7. The Labute approximate surface area is 168 Å². The smallest absolute Gasteiger partial charge is 0.247 e. The summed E-state index contributed by atoms with van der Waals surface area (Å²) >= 11 is 0. The molecule has 2 aromatic carbocycles. The zero-order chi connectivity index (χ0) is 20.4. The van der Waals surface area contributed by atoms with Gasteiger partial charge in [0.15, 0.2) is 0 Å². The van der Waals surface area contributed by atoms with Crippen LogP contribution < -0.4 is 5.32 Å². The van der Waals surface area contributed by atoms with Crippen molar-refractivity contribution in [2.75, 3.05) is 0 Å². The van der Waals surface area contributed by atoms with E-state index in [1.165, 1.54) is 9.80 Å². The highest BCUT2D eigenvalue weighted by Gasteiger charge is 2.44. The summed E-state index contributed by atoms with van der Waals surface area (Å²) in [6.07, 6.45) is -0.0232. The summed E-state index contributed by atoms with van der Waals surface area (Å²) < 4.78 is 0. The summed E-state index contributed by atoms with van der Waals surface area (Å²) in [5, 5.41) is 2.95. The summed E-state index contributed by atoms with van der Waals surface area (Å²) in [6.45, 7) is 0.405. The Balaban J connectivity index is 1.40. The van der Waals surface area contributed by atoms with E-state index in [9.17, 15) is 19.2 Å². The van der Waals surface area contributed by atoms with Gasteiger partial charge in [-0.05, 0) is 11.1 Å². The predicted octanol–water partition coefficient (Wildman–Crippen LogP) is 1.23. The Morgan fingerprint density at radius 3 is 1.41 bits per heavy atom. The lowest BCUT2D eigenvalue weighted by atomic mass is 10.1. The van der Waals surface area contributed by atoms with Gasteiger partial charge < -0.3 is 0 Å². The van der Waals surface area contributed by atoms with Crippen LogP contribution in [-0.2, 0) is 32.3 Å². The van der Waals surface area contributed by atoms with Crippen molar-refractivity contribution in [1.82, 2.24) is 15.1 Å². The number of likely N-dealkylation sites (tertiary alicyclic amines) is 2. The number of imide groups is 2. The first-order valence-corrected chi connectivity index (χ1v) is 9.55. The van der Waals surface area contributed by atoms with Crippen LogP contribution >= 0.6 is 0 Å². The van der Waals surface area contributed by atoms with Gasteiger partial charge >= 0.3 is 0 Å². The number of amides is 4. The quantitative estimate of drug-likeness (QED) is 0.749. The number of nitrogens with one attached hydrogen (secondary N) is 1. The first-order valence-electron chi connectivity index (χ1n) is 9.55. The summed E-state index contributed by atoms with van der Waals surface area (Å²) in [7, 11) is 0. The lowest BCUT2D eigenvalue weighted by molar-refractivity contribution is -0.140. The molecule has 0 radical (unpaired) electrons. The van der Waals surface area contributed by atoms with E-state index in [0.29, 0.717) is 0 Å². The third-order valence-electron chi connectivity index (χ3n) is 5.26. The number of nitrogens with zero attached hydrogens (tertiary/aromatic N) is 2. The van der Waals surface area contributed by atoms with Crippen LogP contribution in [0, 0.1) is 0 Å². The van der Waals surface area contributed by atoms with Crippen LogP contribution in [0.25, 0.3) is 0 Å². The van der Waals surface area contributed by atoms with Gasteiger partial charge in [0.1, 0.15) is 0 Å². The summed E-state index contributed by atoms with van der Waals surface area (Å²) in [6, 6.07) is 16.9. The van der Waals surface area contributed by atoms with Crippen LogP contribution in [0.15, 0.2) is 60.7 Å². The minimum Gasteiger partial charge on any atom is -0.294 e. The van der Waals surface area contributed by atoms with Crippen molar-refractivity contribution in [2.45, 2.75) is 38.0 Å². The van der Waals surface area contributed by atoms with Crippen molar-refractivity contribution >= 4 is 23.6 Å². The fourth-order valence-electron chi connectivity index (χ4n) is 3.73. The first-order chi connectivity index (χ1) is 14.0. The molecular formula is C22H21N3O4. The van der Waals surface area contributed by atoms with Crippen molar-refractivity contribution in [1.29, 1.82) is 0 Å². The van der Waals surface area contributed by atoms with E-state index < -0.39 is 12.1 Å². The van der Waals surface area contributed by atoms with E-state index in [0.717, 1.165) is 11.1 Å². The average molecular weight is 391 g/mol. The second kappa shape index (κ2) is 7.97. The highest BCUT2D eigenvalue weighted by atomic mass is 16.2. The monoisotopic (exact) mass is 391 g/mol.